The van der Waals surface area contributed by atoms with Gasteiger partial charge in [0.1, 0.15) is 29.6 Å². The molecule has 22 heavy (non-hydrogen) atoms. The molecular formula is C16H19NO5. The maximum absolute atomic E-state index is 10.1. The Morgan fingerprint density at radius 3 is 2.77 bits per heavy atom. The second-order valence-electron chi connectivity index (χ2n) is 5.36. The van der Waals surface area contributed by atoms with Crippen molar-refractivity contribution in [2.24, 2.45) is 0 Å². The van der Waals surface area contributed by atoms with E-state index in [1.807, 2.05) is 31.2 Å². The van der Waals surface area contributed by atoms with Crippen molar-refractivity contribution in [3.63, 3.8) is 0 Å². The van der Waals surface area contributed by atoms with Crippen molar-refractivity contribution >= 4 is 10.9 Å². The molecule has 2 N–H and O–H groups in total. The van der Waals surface area contributed by atoms with Gasteiger partial charge in [-0.15, -0.1) is 0 Å². The molecule has 4 atom stereocenters. The van der Waals surface area contributed by atoms with E-state index in [9.17, 15) is 10.2 Å². The summed E-state index contributed by atoms with van der Waals surface area (Å²) < 4.78 is 16.3. The highest BCUT2D eigenvalue weighted by atomic mass is 16.7. The Morgan fingerprint density at radius 2 is 2.00 bits per heavy atom. The van der Waals surface area contributed by atoms with E-state index in [0.717, 1.165) is 11.1 Å². The molecule has 2 heterocycles. The molecule has 0 spiro atoms. The number of hydrogen-bond acceptors (Lipinski definition) is 6. The topological polar surface area (TPSA) is 81.0 Å². The molecule has 3 rings (SSSR count). The number of para-hydroxylation sites is 1. The maximum Gasteiger partial charge on any atom is 0.229 e. The molecule has 1 aliphatic rings. The predicted octanol–water partition coefficient (Wildman–Crippen LogP) is 1.02. The van der Waals surface area contributed by atoms with Gasteiger partial charge in [-0.1, -0.05) is 18.2 Å². The summed E-state index contributed by atoms with van der Waals surface area (Å²) in [5.41, 5.74) is 1.56. The van der Waals surface area contributed by atoms with E-state index in [4.69, 9.17) is 14.2 Å². The fourth-order valence-corrected chi connectivity index (χ4v) is 2.52. The Balaban J connectivity index is 1.86. The lowest BCUT2D eigenvalue weighted by atomic mass is 10.1. The number of ether oxygens (including phenoxy) is 3. The zero-order valence-electron chi connectivity index (χ0n) is 12.5. The molecule has 6 nitrogen and oxygen atoms in total. The molecule has 1 saturated heterocycles. The number of aliphatic hydroxyl groups is 2. The molecule has 0 saturated carbocycles. The summed E-state index contributed by atoms with van der Waals surface area (Å²) in [7, 11) is 1.46. The normalized spacial score (nSPS) is 28.7. The Morgan fingerprint density at radius 1 is 1.18 bits per heavy atom. The highest BCUT2D eigenvalue weighted by Gasteiger charge is 2.40. The van der Waals surface area contributed by atoms with Crippen LogP contribution in [0.4, 0.5) is 0 Å². The van der Waals surface area contributed by atoms with Gasteiger partial charge in [0.2, 0.25) is 6.29 Å². The van der Waals surface area contributed by atoms with Gasteiger partial charge in [0, 0.05) is 18.2 Å². The van der Waals surface area contributed by atoms with Gasteiger partial charge in [0.25, 0.3) is 0 Å². The summed E-state index contributed by atoms with van der Waals surface area (Å²) in [6.07, 6.45) is -3.79. The molecule has 6 heteroatoms. The molecule has 0 aliphatic carbocycles. The average molecular weight is 305 g/mol. The zero-order chi connectivity index (χ0) is 15.7. The van der Waals surface area contributed by atoms with Crippen LogP contribution in [-0.4, -0.2) is 53.5 Å². The number of aromatic nitrogens is 1. The lowest BCUT2D eigenvalue weighted by Gasteiger charge is -2.36. The first kappa shape index (κ1) is 15.2. The largest absolute Gasteiger partial charge is 0.460 e. The van der Waals surface area contributed by atoms with Gasteiger partial charge in [-0.05, 0) is 19.1 Å². The first-order valence-corrected chi connectivity index (χ1v) is 7.13. The molecule has 0 radical (unpaired) electrons. The van der Waals surface area contributed by atoms with Crippen molar-refractivity contribution in [2.45, 2.75) is 31.5 Å². The van der Waals surface area contributed by atoms with E-state index in [0.29, 0.717) is 11.3 Å². The van der Waals surface area contributed by atoms with Gasteiger partial charge in [-0.25, -0.2) is 4.98 Å². The van der Waals surface area contributed by atoms with Crippen LogP contribution in [-0.2, 0) is 9.47 Å². The molecule has 118 valence electrons. The van der Waals surface area contributed by atoms with Crippen LogP contribution in [0.15, 0.2) is 30.3 Å². The number of methoxy groups -OCH3 is 1. The van der Waals surface area contributed by atoms with Gasteiger partial charge < -0.3 is 24.4 Å². The molecule has 2 aromatic rings. The third-order valence-electron chi connectivity index (χ3n) is 3.80. The van der Waals surface area contributed by atoms with Crippen LogP contribution in [0, 0.1) is 6.92 Å². The van der Waals surface area contributed by atoms with E-state index in [2.05, 4.69) is 4.98 Å². The molecule has 4 unspecified atom stereocenters. The number of rotatable bonds is 3. The van der Waals surface area contributed by atoms with Crippen LogP contribution in [0.3, 0.4) is 0 Å². The minimum absolute atomic E-state index is 0.149. The molecular weight excluding hydrogens is 286 g/mol. The summed E-state index contributed by atoms with van der Waals surface area (Å²) in [5.74, 6) is 0.508. The predicted molar refractivity (Wildman–Crippen MR) is 79.7 cm³/mol. The molecule has 1 aromatic carbocycles. The van der Waals surface area contributed by atoms with Crippen molar-refractivity contribution in [1.82, 2.24) is 4.98 Å². The summed E-state index contributed by atoms with van der Waals surface area (Å²) in [6, 6.07) is 9.42. The summed E-state index contributed by atoms with van der Waals surface area (Å²) >= 11 is 0. The van der Waals surface area contributed by atoms with Gasteiger partial charge in [-0.3, -0.25) is 0 Å². The second-order valence-corrected chi connectivity index (χ2v) is 5.36. The van der Waals surface area contributed by atoms with Crippen molar-refractivity contribution in [3.05, 3.63) is 36.0 Å². The SMILES string of the molecule is COC1COC(Oc2cccc3ccc(C)nc23)C(O)C1O. The van der Waals surface area contributed by atoms with E-state index in [-0.39, 0.29) is 6.61 Å². The Hall–Kier alpha value is -1.73. The third kappa shape index (κ3) is 2.78. The number of hydrogen-bond donors (Lipinski definition) is 2. The first-order valence-electron chi connectivity index (χ1n) is 7.13. The van der Waals surface area contributed by atoms with Crippen molar-refractivity contribution in [2.75, 3.05) is 13.7 Å². The Labute approximate surface area is 128 Å². The first-order chi connectivity index (χ1) is 10.6. The molecule has 0 bridgehead atoms. The van der Waals surface area contributed by atoms with Gasteiger partial charge in [-0.2, -0.15) is 0 Å². The number of fused-ring (bicyclic) bond motifs is 1. The fraction of sp³-hybridized carbons (Fsp3) is 0.438. The van der Waals surface area contributed by atoms with Gasteiger partial charge in [0.05, 0.1) is 6.61 Å². The fourth-order valence-electron chi connectivity index (χ4n) is 2.52. The van der Waals surface area contributed by atoms with Crippen molar-refractivity contribution in [1.29, 1.82) is 0 Å². The monoisotopic (exact) mass is 305 g/mol. The van der Waals surface area contributed by atoms with Gasteiger partial charge in [0.15, 0.2) is 0 Å². The smallest absolute Gasteiger partial charge is 0.229 e. The maximum atomic E-state index is 10.1. The van der Waals surface area contributed by atoms with Gasteiger partial charge >= 0.3 is 0 Å². The quantitative estimate of drug-likeness (QED) is 0.881. The highest BCUT2D eigenvalue weighted by molar-refractivity contribution is 5.84. The molecule has 1 fully saturated rings. The number of aliphatic hydroxyl groups excluding tert-OH is 2. The Bertz CT molecular complexity index is 662. The molecule has 1 aromatic heterocycles. The van der Waals surface area contributed by atoms with Crippen LogP contribution < -0.4 is 4.74 Å². The minimum Gasteiger partial charge on any atom is -0.460 e. The van der Waals surface area contributed by atoms with Crippen LogP contribution in [0.1, 0.15) is 5.69 Å². The number of nitrogens with zero attached hydrogens (tertiary/aromatic N) is 1. The van der Waals surface area contributed by atoms with E-state index in [1.54, 1.807) is 6.07 Å². The standard InChI is InChI=1S/C16H19NO5/c1-9-6-7-10-4-3-5-11(13(10)17-9)22-16-15(19)14(18)12(20-2)8-21-16/h3-7,12,14-16,18-19H,8H2,1-2H3. The lowest BCUT2D eigenvalue weighted by molar-refractivity contribution is -0.246. The van der Waals surface area contributed by atoms with Crippen LogP contribution in [0.25, 0.3) is 10.9 Å². The molecule has 1 aliphatic heterocycles. The average Bonchev–Trinajstić information content (AvgIpc) is 2.52. The summed E-state index contributed by atoms with van der Waals surface area (Å²) in [6.45, 7) is 2.05. The van der Waals surface area contributed by atoms with Crippen LogP contribution in [0.5, 0.6) is 5.75 Å². The zero-order valence-corrected chi connectivity index (χ0v) is 12.5. The third-order valence-corrected chi connectivity index (χ3v) is 3.80. The van der Waals surface area contributed by atoms with E-state index in [1.165, 1.54) is 7.11 Å². The number of benzene rings is 1. The summed E-state index contributed by atoms with van der Waals surface area (Å²) in [5, 5.41) is 21.1. The van der Waals surface area contributed by atoms with Crippen LogP contribution >= 0.6 is 0 Å². The van der Waals surface area contributed by atoms with Crippen molar-refractivity contribution < 1.29 is 24.4 Å². The lowest BCUT2D eigenvalue weighted by Crippen LogP contribution is -2.55. The Kier molecular flexibility index (Phi) is 4.26. The highest BCUT2D eigenvalue weighted by Crippen LogP contribution is 2.27. The number of pyridine rings is 1. The second kappa shape index (κ2) is 6.18. The number of aryl methyl sites for hydroxylation is 1. The van der Waals surface area contributed by atoms with Crippen LogP contribution in [0.2, 0.25) is 0 Å². The minimum atomic E-state index is -1.20. The summed E-state index contributed by atoms with van der Waals surface area (Å²) in [4.78, 5) is 4.47. The molecule has 0 amide bonds. The van der Waals surface area contributed by atoms with Crippen molar-refractivity contribution in [3.8, 4) is 5.75 Å². The van der Waals surface area contributed by atoms with E-state index >= 15 is 0 Å². The van der Waals surface area contributed by atoms with E-state index < -0.39 is 24.6 Å².